The third-order valence-corrected chi connectivity index (χ3v) is 12.6. The Hall–Kier alpha value is -3.53. The number of amides is 2. The maximum Gasteiger partial charge on any atom is 0.282 e. The van der Waals surface area contributed by atoms with Gasteiger partial charge in [-0.2, -0.15) is 28.8 Å². The number of methoxy groups -OCH3 is 3. The molecule has 2 saturated heterocycles. The molecule has 2 heterocycles. The number of carbonyl (C=O) groups excluding carboxylic acids is 2. The van der Waals surface area contributed by atoms with Crippen LogP contribution in [0.1, 0.15) is 62.6 Å². The summed E-state index contributed by atoms with van der Waals surface area (Å²) in [5.74, 6) is 1.65. The van der Waals surface area contributed by atoms with Crippen LogP contribution in [0, 0.1) is 0 Å². The molecule has 51 heavy (non-hydrogen) atoms. The van der Waals surface area contributed by atoms with Crippen LogP contribution in [0.3, 0.4) is 0 Å². The molecule has 2 atom stereocenters. The number of benzene rings is 1. The number of thioether (sulfide) groups is 1. The van der Waals surface area contributed by atoms with E-state index in [1.165, 1.54) is 24.4 Å². The number of hydrogen-bond acceptors (Lipinski definition) is 10. The molecule has 15 heteroatoms. The van der Waals surface area contributed by atoms with Crippen LogP contribution in [-0.4, -0.2) is 112 Å². The van der Waals surface area contributed by atoms with E-state index >= 15 is 0 Å². The molecule has 0 aromatic heterocycles. The van der Waals surface area contributed by atoms with Gasteiger partial charge in [0.1, 0.15) is 6.04 Å². The fourth-order valence-corrected chi connectivity index (χ4v) is 9.45. The van der Waals surface area contributed by atoms with Gasteiger partial charge in [-0.1, -0.05) is 18.9 Å². The highest BCUT2D eigenvalue weighted by molar-refractivity contribution is 7.98. The SMILES string of the molecule is COc1cc2c(c(OC)c1OC)-c1ccc(N[C@H](CCSC)C(=O)N3CCN(S(=O)(=O)N4CCCCCC4)CC3)c(=O)cc1[C@H](NC(C)=O)CC2. The molecular weight excluding hydrogens is 695 g/mol. The Bertz CT molecular complexity index is 1740. The van der Waals surface area contributed by atoms with E-state index in [1.54, 1.807) is 41.3 Å². The first-order chi connectivity index (χ1) is 24.5. The third-order valence-electron chi connectivity index (χ3n) is 9.92. The lowest BCUT2D eigenvalue weighted by atomic mass is 9.95. The van der Waals surface area contributed by atoms with Crippen molar-refractivity contribution >= 4 is 39.5 Å². The lowest BCUT2D eigenvalue weighted by molar-refractivity contribution is -0.133. The van der Waals surface area contributed by atoms with Gasteiger partial charge in [0.2, 0.25) is 23.0 Å². The average Bonchev–Trinajstić information content (AvgIpc) is 3.55. The maximum atomic E-state index is 14.0. The lowest BCUT2D eigenvalue weighted by Gasteiger charge is -2.38. The van der Waals surface area contributed by atoms with E-state index in [-0.39, 0.29) is 49.1 Å². The number of carbonyl (C=O) groups is 2. The fraction of sp³-hybridized carbons (Fsp3) is 0.583. The molecule has 0 unspecified atom stereocenters. The minimum Gasteiger partial charge on any atom is -0.493 e. The first-order valence-electron chi connectivity index (χ1n) is 17.6. The summed E-state index contributed by atoms with van der Waals surface area (Å²) in [6.45, 7) is 3.49. The predicted molar refractivity (Wildman–Crippen MR) is 200 cm³/mol. The third kappa shape index (κ3) is 8.58. The van der Waals surface area contributed by atoms with E-state index in [2.05, 4.69) is 10.6 Å². The maximum absolute atomic E-state index is 14.0. The number of ether oxygens (including phenoxy) is 3. The second-order valence-electron chi connectivity index (χ2n) is 13.1. The molecule has 280 valence electrons. The van der Waals surface area contributed by atoms with Crippen molar-refractivity contribution in [3.63, 3.8) is 0 Å². The first kappa shape index (κ1) is 38.7. The number of anilines is 1. The Morgan fingerprint density at radius 2 is 1.59 bits per heavy atom. The molecule has 13 nitrogen and oxygen atoms in total. The second kappa shape index (κ2) is 17.3. The standard InChI is InChI=1S/C36H51N5O8S2/c1-24(42)37-28-12-10-25-22-32(47-2)34(48-3)35(49-4)33(25)26-11-13-29(31(43)23-27(26)28)38-30(14-21-50-5)36(44)39-17-19-41(20-18-39)51(45,46)40-15-8-6-7-9-16-40/h11,13,22-23,28,30H,6-10,12,14-21H2,1-5H3,(H,37,42)(H,38,43)/t28-,30-/m1/s1. The minimum atomic E-state index is -3.59. The highest BCUT2D eigenvalue weighted by Crippen LogP contribution is 2.50. The summed E-state index contributed by atoms with van der Waals surface area (Å²) in [5, 5.41) is 6.29. The first-order valence-corrected chi connectivity index (χ1v) is 20.4. The van der Waals surface area contributed by atoms with Crippen LogP contribution >= 0.6 is 11.8 Å². The number of nitrogens with zero attached hydrogens (tertiary/aromatic N) is 3. The van der Waals surface area contributed by atoms with Gasteiger partial charge in [-0.25, -0.2) is 0 Å². The Balaban J connectivity index is 1.46. The van der Waals surface area contributed by atoms with E-state index in [4.69, 9.17) is 14.2 Å². The highest BCUT2D eigenvalue weighted by atomic mass is 32.2. The van der Waals surface area contributed by atoms with Crippen LogP contribution in [0.25, 0.3) is 11.1 Å². The van der Waals surface area contributed by atoms with Crippen molar-refractivity contribution < 1.29 is 32.2 Å². The van der Waals surface area contributed by atoms with Gasteiger partial charge >= 0.3 is 0 Å². The van der Waals surface area contributed by atoms with Crippen LogP contribution in [-0.2, 0) is 26.2 Å². The van der Waals surface area contributed by atoms with E-state index in [9.17, 15) is 22.8 Å². The van der Waals surface area contributed by atoms with Gasteiger partial charge in [0.15, 0.2) is 11.5 Å². The summed E-state index contributed by atoms with van der Waals surface area (Å²) in [7, 11) is 1.05. The predicted octanol–water partition coefficient (Wildman–Crippen LogP) is 3.66. The van der Waals surface area contributed by atoms with Crippen molar-refractivity contribution in [3.8, 4) is 28.4 Å². The molecule has 0 radical (unpaired) electrons. The summed E-state index contributed by atoms with van der Waals surface area (Å²) in [5.41, 5.74) is 2.89. The Kier molecular flexibility index (Phi) is 13.1. The molecule has 2 fully saturated rings. The fourth-order valence-electron chi connectivity index (χ4n) is 7.30. The van der Waals surface area contributed by atoms with Gasteiger partial charge in [0, 0.05) is 51.8 Å². The molecular formula is C36H51N5O8S2. The Morgan fingerprint density at radius 1 is 0.922 bits per heavy atom. The van der Waals surface area contributed by atoms with Gasteiger partial charge in [-0.05, 0) is 79.0 Å². The zero-order valence-electron chi connectivity index (χ0n) is 30.3. The zero-order chi connectivity index (χ0) is 36.7. The summed E-state index contributed by atoms with van der Waals surface area (Å²) in [6.07, 6.45) is 7.32. The van der Waals surface area contributed by atoms with Crippen molar-refractivity contribution in [1.82, 2.24) is 18.8 Å². The summed E-state index contributed by atoms with van der Waals surface area (Å²) in [4.78, 5) is 42.1. The molecule has 3 aliphatic rings. The van der Waals surface area contributed by atoms with E-state index in [0.29, 0.717) is 66.5 Å². The van der Waals surface area contributed by atoms with Gasteiger partial charge in [0.05, 0.1) is 33.1 Å². The summed E-state index contributed by atoms with van der Waals surface area (Å²) in [6, 6.07) is 5.77. The number of hydrogen-bond donors (Lipinski definition) is 2. The average molecular weight is 746 g/mol. The zero-order valence-corrected chi connectivity index (χ0v) is 31.9. The molecule has 0 bridgehead atoms. The van der Waals surface area contributed by atoms with E-state index in [1.807, 2.05) is 18.4 Å². The molecule has 2 amide bonds. The minimum absolute atomic E-state index is 0.177. The van der Waals surface area contributed by atoms with Crippen LogP contribution in [0.4, 0.5) is 5.69 Å². The monoisotopic (exact) mass is 745 g/mol. The van der Waals surface area contributed by atoms with Gasteiger partial charge in [0.25, 0.3) is 10.2 Å². The van der Waals surface area contributed by atoms with E-state index in [0.717, 1.165) is 36.8 Å². The van der Waals surface area contributed by atoms with Crippen molar-refractivity contribution in [1.29, 1.82) is 0 Å². The number of aryl methyl sites for hydroxylation is 1. The topological polar surface area (TPSA) is 147 Å². The Labute approximate surface area is 305 Å². The molecule has 2 aliphatic heterocycles. The second-order valence-corrected chi connectivity index (χ2v) is 16.0. The lowest BCUT2D eigenvalue weighted by Crippen LogP contribution is -2.56. The highest BCUT2D eigenvalue weighted by Gasteiger charge is 2.36. The number of fused-ring (bicyclic) bond motifs is 3. The van der Waals surface area contributed by atoms with Crippen LogP contribution in [0.15, 0.2) is 29.1 Å². The van der Waals surface area contributed by atoms with E-state index < -0.39 is 22.3 Å². The molecule has 0 saturated carbocycles. The van der Waals surface area contributed by atoms with Crippen molar-refractivity contribution in [2.75, 3.05) is 77.9 Å². The molecule has 1 aliphatic carbocycles. The summed E-state index contributed by atoms with van der Waals surface area (Å²) < 4.78 is 47.1. The summed E-state index contributed by atoms with van der Waals surface area (Å²) >= 11 is 1.60. The smallest absolute Gasteiger partial charge is 0.282 e. The van der Waals surface area contributed by atoms with Gasteiger partial charge in [-0.15, -0.1) is 0 Å². The van der Waals surface area contributed by atoms with Crippen molar-refractivity contribution in [2.45, 2.75) is 64.0 Å². The van der Waals surface area contributed by atoms with Crippen molar-refractivity contribution in [3.05, 3.63) is 45.6 Å². The van der Waals surface area contributed by atoms with Gasteiger partial charge < -0.3 is 29.7 Å². The number of piperazine rings is 1. The molecule has 5 rings (SSSR count). The Morgan fingerprint density at radius 3 is 2.20 bits per heavy atom. The molecule has 0 spiro atoms. The van der Waals surface area contributed by atoms with Crippen molar-refractivity contribution in [2.24, 2.45) is 0 Å². The number of rotatable bonds is 12. The molecule has 2 N–H and O–H groups in total. The van der Waals surface area contributed by atoms with Crippen LogP contribution in [0.5, 0.6) is 17.2 Å². The molecule has 2 aromatic carbocycles. The van der Waals surface area contributed by atoms with Crippen LogP contribution < -0.4 is 30.3 Å². The van der Waals surface area contributed by atoms with Gasteiger partial charge in [-0.3, -0.25) is 14.4 Å². The quantitative estimate of drug-likeness (QED) is 0.330. The normalized spacial score (nSPS) is 19.1. The largest absolute Gasteiger partial charge is 0.493 e. The molecule has 2 aromatic rings. The van der Waals surface area contributed by atoms with Crippen LogP contribution in [0.2, 0.25) is 0 Å². The number of nitrogens with one attached hydrogen (secondary N) is 2.